The molecule has 0 aliphatic carbocycles. The summed E-state index contributed by atoms with van der Waals surface area (Å²) < 4.78 is 7.64. The van der Waals surface area contributed by atoms with Gasteiger partial charge in [-0.05, 0) is 54.8 Å². The van der Waals surface area contributed by atoms with E-state index in [0.717, 1.165) is 41.4 Å². The Morgan fingerprint density at radius 3 is 2.94 bits per heavy atom. The van der Waals surface area contributed by atoms with Gasteiger partial charge in [-0.2, -0.15) is 9.61 Å². The van der Waals surface area contributed by atoms with Crippen LogP contribution in [0.3, 0.4) is 0 Å². The Labute approximate surface area is 199 Å². The molecule has 1 atom stereocenters. The van der Waals surface area contributed by atoms with Crippen LogP contribution in [0.15, 0.2) is 47.2 Å². The fourth-order valence-corrected chi connectivity index (χ4v) is 5.01. The number of benzene rings is 1. The number of nitrogen functional groups attached to an aromatic ring is 1. The van der Waals surface area contributed by atoms with Gasteiger partial charge in [-0.25, -0.2) is 4.98 Å². The molecule has 33 heavy (non-hydrogen) atoms. The smallest absolute Gasteiger partial charge is 0.313 e. The molecule has 8 nitrogen and oxygen atoms in total. The number of para-hydroxylation sites is 1. The summed E-state index contributed by atoms with van der Waals surface area (Å²) in [5.41, 5.74) is 9.20. The Bertz CT molecular complexity index is 1370. The number of piperidine rings is 1. The summed E-state index contributed by atoms with van der Waals surface area (Å²) in [6.07, 6.45) is 5.23. The molecule has 4 aromatic rings. The Morgan fingerprint density at radius 1 is 1.30 bits per heavy atom. The molecule has 170 valence electrons. The molecule has 0 radical (unpaired) electrons. The van der Waals surface area contributed by atoms with E-state index in [-0.39, 0.29) is 5.97 Å². The third-order valence-electron chi connectivity index (χ3n) is 6.27. The fourth-order valence-electron chi connectivity index (χ4n) is 4.51. The zero-order chi connectivity index (χ0) is 23.2. The van der Waals surface area contributed by atoms with Crippen LogP contribution in [-0.4, -0.2) is 45.2 Å². The number of nitrogens with two attached hydrogens (primary N) is 1. The molecule has 0 spiro atoms. The first kappa shape index (κ1) is 21.6. The van der Waals surface area contributed by atoms with Crippen LogP contribution in [0.5, 0.6) is 0 Å². The van der Waals surface area contributed by atoms with Crippen molar-refractivity contribution in [2.24, 2.45) is 5.41 Å². The molecular formula is C24H25BrN6O2. The quantitative estimate of drug-likeness (QED) is 0.406. The third-order valence-corrected chi connectivity index (χ3v) is 7.03. The molecular weight excluding hydrogens is 484 g/mol. The molecule has 5 rings (SSSR count). The SMILES string of the molecule is CCOC(=O)C1(C)CCCN(c2nc3c(-c4cnc5ccccc5c4)cnn3c(N)c2Br)C1. The van der Waals surface area contributed by atoms with Crippen LogP contribution in [0.1, 0.15) is 26.7 Å². The fraction of sp³-hybridized carbons (Fsp3) is 0.333. The second kappa shape index (κ2) is 8.30. The highest BCUT2D eigenvalue weighted by molar-refractivity contribution is 9.10. The number of fused-ring (bicyclic) bond motifs is 2. The summed E-state index contributed by atoms with van der Waals surface area (Å²) in [6.45, 7) is 5.44. The average molecular weight is 509 g/mol. The molecule has 9 heteroatoms. The number of rotatable bonds is 4. The van der Waals surface area contributed by atoms with E-state index >= 15 is 0 Å². The second-order valence-corrected chi connectivity index (χ2v) is 9.44. The number of ether oxygens (including phenoxy) is 1. The van der Waals surface area contributed by atoms with Gasteiger partial charge in [0.25, 0.3) is 0 Å². The number of nitrogens with zero attached hydrogens (tertiary/aromatic N) is 5. The second-order valence-electron chi connectivity index (χ2n) is 8.65. The van der Waals surface area contributed by atoms with Crippen molar-refractivity contribution in [3.05, 3.63) is 47.2 Å². The molecule has 0 saturated carbocycles. The predicted molar refractivity (Wildman–Crippen MR) is 132 cm³/mol. The number of anilines is 2. The Morgan fingerprint density at radius 2 is 2.12 bits per heavy atom. The van der Waals surface area contributed by atoms with E-state index in [1.165, 1.54) is 0 Å². The first-order chi connectivity index (χ1) is 15.9. The van der Waals surface area contributed by atoms with Crippen LogP contribution in [0, 0.1) is 5.41 Å². The summed E-state index contributed by atoms with van der Waals surface area (Å²) in [5, 5.41) is 5.52. The van der Waals surface area contributed by atoms with Gasteiger partial charge in [0.2, 0.25) is 0 Å². The lowest BCUT2D eigenvalue weighted by Crippen LogP contribution is -2.47. The van der Waals surface area contributed by atoms with Gasteiger partial charge in [-0.1, -0.05) is 18.2 Å². The van der Waals surface area contributed by atoms with Gasteiger partial charge in [0, 0.05) is 35.8 Å². The lowest BCUT2D eigenvalue weighted by Gasteiger charge is -2.39. The number of esters is 1. The highest BCUT2D eigenvalue weighted by Gasteiger charge is 2.40. The topological polar surface area (TPSA) is 98.6 Å². The highest BCUT2D eigenvalue weighted by atomic mass is 79.9. The van der Waals surface area contributed by atoms with Crippen LogP contribution in [0.25, 0.3) is 27.7 Å². The van der Waals surface area contributed by atoms with E-state index in [4.69, 9.17) is 15.5 Å². The molecule has 2 N–H and O–H groups in total. The summed E-state index contributed by atoms with van der Waals surface area (Å²) in [4.78, 5) is 24.3. The Hall–Kier alpha value is -3.20. The number of hydrogen-bond acceptors (Lipinski definition) is 7. The van der Waals surface area contributed by atoms with Gasteiger partial charge >= 0.3 is 5.97 Å². The predicted octanol–water partition coefficient (Wildman–Crippen LogP) is 4.46. The first-order valence-electron chi connectivity index (χ1n) is 11.0. The average Bonchev–Trinajstić information content (AvgIpc) is 3.25. The number of carbonyl (C=O) groups is 1. The Balaban J connectivity index is 1.59. The first-order valence-corrected chi connectivity index (χ1v) is 11.8. The van der Waals surface area contributed by atoms with Gasteiger partial charge in [0.15, 0.2) is 5.65 Å². The zero-order valence-electron chi connectivity index (χ0n) is 18.6. The molecule has 3 aromatic heterocycles. The van der Waals surface area contributed by atoms with Crippen molar-refractivity contribution in [3.8, 4) is 11.1 Å². The summed E-state index contributed by atoms with van der Waals surface area (Å²) in [5.74, 6) is 0.983. The number of aromatic nitrogens is 4. The van der Waals surface area contributed by atoms with Crippen molar-refractivity contribution in [1.29, 1.82) is 0 Å². The van der Waals surface area contributed by atoms with Crippen LogP contribution in [0.2, 0.25) is 0 Å². The van der Waals surface area contributed by atoms with Gasteiger partial charge in [0.05, 0.1) is 23.7 Å². The molecule has 1 saturated heterocycles. The van der Waals surface area contributed by atoms with Crippen molar-refractivity contribution in [3.63, 3.8) is 0 Å². The lowest BCUT2D eigenvalue weighted by molar-refractivity contribution is -0.154. The monoisotopic (exact) mass is 508 g/mol. The molecule has 1 aromatic carbocycles. The Kier molecular flexibility index (Phi) is 5.44. The maximum absolute atomic E-state index is 12.6. The molecule has 1 aliphatic rings. The molecule has 0 bridgehead atoms. The number of hydrogen-bond donors (Lipinski definition) is 1. The van der Waals surface area contributed by atoms with Gasteiger partial charge in [0.1, 0.15) is 16.1 Å². The van der Waals surface area contributed by atoms with Gasteiger partial charge in [-0.15, -0.1) is 0 Å². The largest absolute Gasteiger partial charge is 0.466 e. The van der Waals surface area contributed by atoms with Crippen molar-refractivity contribution in [1.82, 2.24) is 19.6 Å². The molecule has 4 heterocycles. The van der Waals surface area contributed by atoms with Crippen LogP contribution in [0.4, 0.5) is 11.6 Å². The minimum atomic E-state index is -0.596. The molecule has 1 aliphatic heterocycles. The summed E-state index contributed by atoms with van der Waals surface area (Å²) in [6, 6.07) is 10.1. The van der Waals surface area contributed by atoms with Gasteiger partial charge < -0.3 is 15.4 Å². The molecule has 1 fully saturated rings. The standard InChI is InChI=1S/C24H25BrN6O2/c1-3-33-23(32)24(2)9-6-10-30(14-24)22-19(25)20(26)31-21(29-22)17(13-28-31)16-11-15-7-4-5-8-18(15)27-12-16/h4-5,7-8,11-13H,3,6,9-10,14,26H2,1-2H3. The number of halogens is 1. The normalized spacial score (nSPS) is 18.7. The van der Waals surface area contributed by atoms with Crippen molar-refractivity contribution >= 4 is 50.1 Å². The van der Waals surface area contributed by atoms with E-state index in [1.54, 1.807) is 10.7 Å². The van der Waals surface area contributed by atoms with Crippen LogP contribution >= 0.6 is 15.9 Å². The van der Waals surface area contributed by atoms with Crippen molar-refractivity contribution in [2.45, 2.75) is 26.7 Å². The van der Waals surface area contributed by atoms with E-state index in [1.807, 2.05) is 44.3 Å². The van der Waals surface area contributed by atoms with Crippen molar-refractivity contribution in [2.75, 3.05) is 30.3 Å². The molecule has 0 amide bonds. The lowest BCUT2D eigenvalue weighted by atomic mass is 9.82. The van der Waals surface area contributed by atoms with Gasteiger partial charge in [-0.3, -0.25) is 9.78 Å². The summed E-state index contributed by atoms with van der Waals surface area (Å²) >= 11 is 3.62. The highest BCUT2D eigenvalue weighted by Crippen LogP contribution is 2.39. The maximum atomic E-state index is 12.6. The van der Waals surface area contributed by atoms with E-state index in [9.17, 15) is 4.79 Å². The van der Waals surface area contributed by atoms with Crippen LogP contribution < -0.4 is 10.6 Å². The molecule has 1 unspecified atom stereocenters. The maximum Gasteiger partial charge on any atom is 0.313 e. The van der Waals surface area contributed by atoms with E-state index in [2.05, 4.69) is 37.0 Å². The summed E-state index contributed by atoms with van der Waals surface area (Å²) in [7, 11) is 0. The van der Waals surface area contributed by atoms with Crippen LogP contribution in [-0.2, 0) is 9.53 Å². The zero-order valence-corrected chi connectivity index (χ0v) is 20.2. The van der Waals surface area contributed by atoms with E-state index < -0.39 is 5.41 Å². The van der Waals surface area contributed by atoms with Crippen molar-refractivity contribution < 1.29 is 9.53 Å². The number of carbonyl (C=O) groups excluding carboxylic acids is 1. The number of pyridine rings is 1. The minimum absolute atomic E-state index is 0.174. The van der Waals surface area contributed by atoms with E-state index in [0.29, 0.717) is 34.9 Å². The minimum Gasteiger partial charge on any atom is -0.466 e. The third kappa shape index (κ3) is 3.70.